The van der Waals surface area contributed by atoms with Crippen LogP contribution in [0.15, 0.2) is 72.8 Å². The number of quaternary nitrogens is 1. The molecule has 3 aromatic rings. The summed E-state index contributed by atoms with van der Waals surface area (Å²) in [6.07, 6.45) is 7.98. The van der Waals surface area contributed by atoms with E-state index >= 15 is 0 Å². The minimum absolute atomic E-state index is 0.0234. The summed E-state index contributed by atoms with van der Waals surface area (Å²) in [6.45, 7) is 5.69. The second-order valence-corrected chi connectivity index (χ2v) is 10.3. The van der Waals surface area contributed by atoms with Crippen LogP contribution < -0.4 is 5.32 Å². The molecule has 174 valence electrons. The molecular weight excluding hydrogens is 416 g/mol. The molecule has 5 rings (SSSR count). The second kappa shape index (κ2) is 9.60. The van der Waals surface area contributed by atoms with Crippen LogP contribution in [0.3, 0.4) is 0 Å². The monoisotopic (exact) mass is 451 g/mol. The molecule has 1 saturated heterocycles. The van der Waals surface area contributed by atoms with Crippen LogP contribution in [0, 0.1) is 6.92 Å². The van der Waals surface area contributed by atoms with E-state index < -0.39 is 0 Å². The molecule has 1 aliphatic carbocycles. The number of nitrogens with zero attached hydrogens (tertiary/aromatic N) is 1. The number of fused-ring (bicyclic) bond motifs is 1. The Kier molecular flexibility index (Phi) is 6.38. The van der Waals surface area contributed by atoms with Crippen LogP contribution in [0.4, 0.5) is 5.69 Å². The van der Waals surface area contributed by atoms with E-state index in [4.69, 9.17) is 0 Å². The molecule has 0 atom stereocenters. The number of rotatable bonds is 5. The summed E-state index contributed by atoms with van der Waals surface area (Å²) in [4.78, 5) is 13.3. The van der Waals surface area contributed by atoms with Crippen LogP contribution in [0.25, 0.3) is 16.7 Å². The Morgan fingerprint density at radius 2 is 1.59 bits per heavy atom. The third-order valence-electron chi connectivity index (χ3n) is 7.46. The molecule has 1 amide bonds. The predicted octanol–water partition coefficient (Wildman–Crippen LogP) is 6.76. The number of aryl methyl sites for hydroxylation is 2. The zero-order valence-electron chi connectivity index (χ0n) is 20.4. The molecule has 0 unspecified atom stereocenters. The molecule has 1 fully saturated rings. The molecule has 1 aliphatic heterocycles. The number of benzene rings is 3. The molecule has 0 spiro atoms. The number of carbonyl (C=O) groups is 1. The number of amides is 1. The summed E-state index contributed by atoms with van der Waals surface area (Å²) in [5.41, 5.74) is 8.87. The van der Waals surface area contributed by atoms with Gasteiger partial charge in [-0.2, -0.15) is 0 Å². The largest absolute Gasteiger partial charge is 0.322 e. The summed E-state index contributed by atoms with van der Waals surface area (Å²) in [5.74, 6) is -0.0234. The molecule has 0 aromatic heterocycles. The normalized spacial score (nSPS) is 16.9. The highest BCUT2D eigenvalue weighted by molar-refractivity contribution is 6.26. The Hall–Kier alpha value is -3.17. The molecule has 1 N–H and O–H groups in total. The van der Waals surface area contributed by atoms with Crippen LogP contribution in [-0.4, -0.2) is 30.5 Å². The van der Waals surface area contributed by atoms with Gasteiger partial charge in [0, 0.05) is 16.8 Å². The fourth-order valence-electron chi connectivity index (χ4n) is 5.43. The molecule has 2 aliphatic rings. The molecule has 0 bridgehead atoms. The van der Waals surface area contributed by atoms with E-state index in [-0.39, 0.29) is 5.91 Å². The van der Waals surface area contributed by atoms with E-state index in [9.17, 15) is 4.79 Å². The van der Waals surface area contributed by atoms with Crippen molar-refractivity contribution in [1.29, 1.82) is 0 Å². The molecule has 0 saturated carbocycles. The van der Waals surface area contributed by atoms with Gasteiger partial charge in [0.2, 0.25) is 0 Å². The van der Waals surface area contributed by atoms with Gasteiger partial charge >= 0.3 is 0 Å². The third kappa shape index (κ3) is 5.00. The molecule has 1 heterocycles. The lowest BCUT2D eigenvalue weighted by Gasteiger charge is -2.37. The Morgan fingerprint density at radius 1 is 0.882 bits per heavy atom. The van der Waals surface area contributed by atoms with Crippen molar-refractivity contribution in [1.82, 2.24) is 0 Å². The van der Waals surface area contributed by atoms with E-state index in [2.05, 4.69) is 92.1 Å². The minimum Gasteiger partial charge on any atom is -0.322 e. The first-order valence-corrected chi connectivity index (χ1v) is 12.6. The zero-order valence-corrected chi connectivity index (χ0v) is 20.4. The number of carbonyl (C=O) groups excluding carboxylic acids is 1. The quantitative estimate of drug-likeness (QED) is 0.427. The van der Waals surface area contributed by atoms with Gasteiger partial charge in [0.1, 0.15) is 6.54 Å². The van der Waals surface area contributed by atoms with E-state index in [0.29, 0.717) is 0 Å². The maximum Gasteiger partial charge on any atom is 0.255 e. The van der Waals surface area contributed by atoms with Crippen molar-refractivity contribution < 1.29 is 9.28 Å². The highest BCUT2D eigenvalue weighted by Gasteiger charge is 2.25. The van der Waals surface area contributed by atoms with Crippen molar-refractivity contribution in [2.45, 2.75) is 45.6 Å². The fraction of sp³-hybridized carbons (Fsp3) is 0.323. The van der Waals surface area contributed by atoms with Crippen molar-refractivity contribution in [3.05, 3.63) is 95.1 Å². The second-order valence-electron chi connectivity index (χ2n) is 10.3. The van der Waals surface area contributed by atoms with Gasteiger partial charge in [-0.05, 0) is 79.5 Å². The van der Waals surface area contributed by atoms with Gasteiger partial charge in [-0.3, -0.25) is 4.79 Å². The van der Waals surface area contributed by atoms with Gasteiger partial charge in [-0.1, -0.05) is 60.2 Å². The number of likely N-dealkylation sites (tertiary alicyclic amines) is 1. The highest BCUT2D eigenvalue weighted by atomic mass is 16.1. The molecule has 34 heavy (non-hydrogen) atoms. The maximum atomic E-state index is 13.3. The lowest BCUT2D eigenvalue weighted by Crippen LogP contribution is -2.46. The van der Waals surface area contributed by atoms with Crippen molar-refractivity contribution in [3.8, 4) is 11.1 Å². The summed E-state index contributed by atoms with van der Waals surface area (Å²) in [6, 6.07) is 23.6. The maximum absolute atomic E-state index is 13.3. The SMILES string of the molecule is Cc1ccc(-c2ccc3c(c2)C(C(=O)Nc2ccc(C[N+]4(C)CCCCC4)cc2)=CCC3)cc1. The standard InChI is InChI=1S/C31H34N2O/c1-23-9-13-25(14-10-23)27-16-15-26-7-6-8-29(30(26)21-27)31(34)32-28-17-11-24(12-18-28)22-33(2)19-4-3-5-20-33/h8-18,21H,3-7,19-20,22H2,1-2H3/p+1. The van der Waals surface area contributed by atoms with Crippen LogP contribution in [0.2, 0.25) is 0 Å². The van der Waals surface area contributed by atoms with E-state index in [1.54, 1.807) is 0 Å². The summed E-state index contributed by atoms with van der Waals surface area (Å²) < 4.78 is 1.12. The van der Waals surface area contributed by atoms with E-state index in [1.807, 2.05) is 0 Å². The predicted molar refractivity (Wildman–Crippen MR) is 141 cm³/mol. The first kappa shape index (κ1) is 22.6. The molecule has 3 heteroatoms. The number of piperidine rings is 1. The number of allylic oxidation sites excluding steroid dienone is 1. The lowest BCUT2D eigenvalue weighted by atomic mass is 9.87. The number of nitrogens with one attached hydrogen (secondary N) is 1. The first-order chi connectivity index (χ1) is 16.5. The van der Waals surface area contributed by atoms with Crippen LogP contribution in [-0.2, 0) is 17.8 Å². The highest BCUT2D eigenvalue weighted by Crippen LogP contribution is 2.32. The fourth-order valence-corrected chi connectivity index (χ4v) is 5.43. The van der Waals surface area contributed by atoms with Gasteiger partial charge in [0.15, 0.2) is 0 Å². The van der Waals surface area contributed by atoms with Crippen molar-refractivity contribution in [3.63, 3.8) is 0 Å². The van der Waals surface area contributed by atoms with Gasteiger partial charge < -0.3 is 9.80 Å². The Bertz CT molecular complexity index is 1200. The van der Waals surface area contributed by atoms with E-state index in [0.717, 1.165) is 46.3 Å². The van der Waals surface area contributed by atoms with Gasteiger partial charge in [-0.25, -0.2) is 0 Å². The smallest absolute Gasteiger partial charge is 0.255 e. The number of hydrogen-bond acceptors (Lipinski definition) is 1. The van der Waals surface area contributed by atoms with Crippen molar-refractivity contribution in [2.75, 3.05) is 25.5 Å². The molecule has 0 radical (unpaired) electrons. The molecule has 3 nitrogen and oxygen atoms in total. The Morgan fingerprint density at radius 3 is 2.32 bits per heavy atom. The minimum atomic E-state index is -0.0234. The average Bonchev–Trinajstić information content (AvgIpc) is 2.85. The number of hydrogen-bond donors (Lipinski definition) is 1. The molecular formula is C31H35N2O+. The zero-order chi connectivity index (χ0) is 23.5. The molecule has 3 aromatic carbocycles. The summed E-state index contributed by atoms with van der Waals surface area (Å²) in [7, 11) is 2.37. The summed E-state index contributed by atoms with van der Waals surface area (Å²) in [5, 5.41) is 3.15. The number of anilines is 1. The first-order valence-electron chi connectivity index (χ1n) is 12.6. The summed E-state index contributed by atoms with van der Waals surface area (Å²) >= 11 is 0. The van der Waals surface area contributed by atoms with Crippen LogP contribution in [0.5, 0.6) is 0 Å². The third-order valence-corrected chi connectivity index (χ3v) is 7.46. The van der Waals surface area contributed by atoms with Crippen molar-refractivity contribution >= 4 is 17.2 Å². The van der Waals surface area contributed by atoms with Crippen LogP contribution >= 0.6 is 0 Å². The van der Waals surface area contributed by atoms with Gasteiger partial charge in [0.25, 0.3) is 5.91 Å². The van der Waals surface area contributed by atoms with Crippen molar-refractivity contribution in [2.24, 2.45) is 0 Å². The Balaban J connectivity index is 1.31. The lowest BCUT2D eigenvalue weighted by molar-refractivity contribution is -0.926. The van der Waals surface area contributed by atoms with Gasteiger partial charge in [-0.15, -0.1) is 0 Å². The van der Waals surface area contributed by atoms with E-state index in [1.165, 1.54) is 54.6 Å². The average molecular weight is 452 g/mol. The Labute approximate surface area is 203 Å². The van der Waals surface area contributed by atoms with Crippen LogP contribution in [0.1, 0.15) is 47.9 Å². The topological polar surface area (TPSA) is 29.1 Å². The van der Waals surface area contributed by atoms with Gasteiger partial charge in [0.05, 0.1) is 20.1 Å².